The number of methoxy groups -OCH3 is 2. The minimum atomic E-state index is -1.67. The van der Waals surface area contributed by atoms with Crippen LogP contribution in [0.3, 0.4) is 0 Å². The van der Waals surface area contributed by atoms with Crippen molar-refractivity contribution in [2.75, 3.05) is 32.8 Å². The van der Waals surface area contributed by atoms with Gasteiger partial charge in [-0.25, -0.2) is 0 Å². The molecule has 1 aliphatic rings. The Bertz CT molecular complexity index is 2120. The van der Waals surface area contributed by atoms with E-state index in [1.165, 1.54) is 56.2 Å². The molecule has 3 aromatic rings. The van der Waals surface area contributed by atoms with Gasteiger partial charge in [-0.2, -0.15) is 0 Å². The maximum Gasteiger partial charge on any atom is 0.303 e. The molecule has 0 saturated carbocycles. The highest BCUT2D eigenvalue weighted by molar-refractivity contribution is 6.03. The van der Waals surface area contributed by atoms with Crippen molar-refractivity contribution in [3.63, 3.8) is 0 Å². The number of carbonyl (C=O) groups excluding carboxylic acids is 5. The lowest BCUT2D eigenvalue weighted by molar-refractivity contribution is -0.288. The van der Waals surface area contributed by atoms with Gasteiger partial charge in [0.05, 0.1) is 26.3 Å². The lowest BCUT2D eigenvalue weighted by Gasteiger charge is -2.44. The third kappa shape index (κ3) is 12.8. The second-order valence-electron chi connectivity index (χ2n) is 14.2. The maximum absolute atomic E-state index is 14.2. The van der Waals surface area contributed by atoms with Crippen LogP contribution in [0.4, 0.5) is 5.69 Å². The molecular weight excluding hydrogens is 800 g/mol. The first kappa shape index (κ1) is 47.4. The highest BCUT2D eigenvalue weighted by Gasteiger charge is 2.53. The number of phenolic OH excluding ortho intramolecular Hbond substituents is 1. The number of amides is 1. The Balaban J connectivity index is 1.79. The number of carbonyl (C=O) groups is 5. The molecule has 18 nitrogen and oxygen atoms in total. The van der Waals surface area contributed by atoms with Crippen LogP contribution in [-0.2, 0) is 54.7 Å². The van der Waals surface area contributed by atoms with Gasteiger partial charge in [0.25, 0.3) is 5.56 Å². The number of fused-ring (bicyclic) bond motifs is 1. The van der Waals surface area contributed by atoms with Crippen LogP contribution in [0.1, 0.15) is 78.7 Å². The summed E-state index contributed by atoms with van der Waals surface area (Å²) in [5.41, 5.74) is 0.433. The van der Waals surface area contributed by atoms with E-state index < -0.39 is 72.7 Å². The van der Waals surface area contributed by atoms with Crippen molar-refractivity contribution in [2.24, 2.45) is 7.05 Å². The van der Waals surface area contributed by atoms with Gasteiger partial charge < -0.3 is 57.6 Å². The molecule has 0 radical (unpaired) electrons. The minimum Gasteiger partial charge on any atom is -0.502 e. The standard InChI is InChI=1S/C43H54N2O16/c1-9-10-11-12-13-14-19-55-40-37(61-43-41(59-27(5)49)39(58-26(4)48)38(57-25(3)47)34(60-43)23-56-24(2)46)30-17-16-29(22-31(30)45(6)42(40)52)44-35(50)18-15-28-20-32(53-7)36(51)33(21-28)54-8/h15-18,20-22,34,38-39,41,43,51H,9-14,19,23H2,1-8H3,(H,44,50)/t34-,38+,39+,41-,43+/m1/s1. The van der Waals surface area contributed by atoms with E-state index in [0.29, 0.717) is 17.4 Å². The molecule has 5 atom stereocenters. The Labute approximate surface area is 352 Å². The number of anilines is 1. The number of aromatic hydroxyl groups is 1. The number of benzene rings is 2. The number of hydrogen-bond acceptors (Lipinski definition) is 16. The Hall–Kier alpha value is -6.30. The first-order valence-corrected chi connectivity index (χ1v) is 19.8. The fraction of sp³-hybridized carbons (Fsp3) is 0.488. The van der Waals surface area contributed by atoms with Gasteiger partial charge in [-0.05, 0) is 48.4 Å². The molecule has 0 unspecified atom stereocenters. The van der Waals surface area contributed by atoms with E-state index in [-0.39, 0.29) is 46.6 Å². The average Bonchev–Trinajstić information content (AvgIpc) is 3.20. The predicted octanol–water partition coefficient (Wildman–Crippen LogP) is 5.11. The maximum atomic E-state index is 14.2. The lowest BCUT2D eigenvalue weighted by atomic mass is 9.98. The second kappa shape index (κ2) is 22.3. The normalized spacial score (nSPS) is 18.5. The van der Waals surface area contributed by atoms with Crippen molar-refractivity contribution in [3.8, 4) is 28.7 Å². The third-order valence-corrected chi connectivity index (χ3v) is 9.43. The number of aryl methyl sites for hydroxylation is 1. The molecule has 61 heavy (non-hydrogen) atoms. The number of phenols is 1. The van der Waals surface area contributed by atoms with Crippen LogP contribution in [0, 0.1) is 0 Å². The summed E-state index contributed by atoms with van der Waals surface area (Å²) in [6, 6.07) is 7.70. The Morgan fingerprint density at radius 2 is 1.41 bits per heavy atom. The molecule has 1 aromatic heterocycles. The summed E-state index contributed by atoms with van der Waals surface area (Å²) < 4.78 is 52.4. The van der Waals surface area contributed by atoms with Crippen molar-refractivity contribution >= 4 is 52.5 Å². The Morgan fingerprint density at radius 1 is 0.803 bits per heavy atom. The molecule has 1 aliphatic heterocycles. The van der Waals surface area contributed by atoms with Crippen LogP contribution in [0.2, 0.25) is 0 Å². The minimum absolute atomic E-state index is 0.140. The van der Waals surface area contributed by atoms with E-state index >= 15 is 0 Å². The fourth-order valence-electron chi connectivity index (χ4n) is 6.63. The third-order valence-electron chi connectivity index (χ3n) is 9.43. The van der Waals surface area contributed by atoms with Crippen molar-refractivity contribution in [1.29, 1.82) is 0 Å². The van der Waals surface area contributed by atoms with Crippen LogP contribution < -0.4 is 29.8 Å². The van der Waals surface area contributed by atoms with E-state index in [2.05, 4.69) is 12.2 Å². The van der Waals surface area contributed by atoms with Gasteiger partial charge in [0.15, 0.2) is 29.5 Å². The molecule has 1 saturated heterocycles. The summed E-state index contributed by atoms with van der Waals surface area (Å²) in [5.74, 6) is -3.97. The van der Waals surface area contributed by atoms with Crippen molar-refractivity contribution in [1.82, 2.24) is 4.57 Å². The molecule has 18 heteroatoms. The van der Waals surface area contributed by atoms with E-state index in [1.807, 2.05) is 0 Å². The zero-order chi connectivity index (χ0) is 44.8. The highest BCUT2D eigenvalue weighted by Crippen LogP contribution is 2.39. The van der Waals surface area contributed by atoms with Crippen LogP contribution in [0.25, 0.3) is 17.0 Å². The molecule has 0 spiro atoms. The predicted molar refractivity (Wildman–Crippen MR) is 220 cm³/mol. The molecule has 1 amide bonds. The summed E-state index contributed by atoms with van der Waals surface area (Å²) in [4.78, 5) is 76.5. The number of aromatic nitrogens is 1. The van der Waals surface area contributed by atoms with Gasteiger partial charge in [0.1, 0.15) is 12.7 Å². The summed E-state index contributed by atoms with van der Waals surface area (Å²) in [6.45, 7) is 6.21. The topological polar surface area (TPSA) is 223 Å². The number of unbranched alkanes of at least 4 members (excludes halogenated alkanes) is 5. The van der Waals surface area contributed by atoms with E-state index in [1.54, 1.807) is 12.1 Å². The average molecular weight is 855 g/mol. The highest BCUT2D eigenvalue weighted by atomic mass is 16.7. The van der Waals surface area contributed by atoms with E-state index in [4.69, 9.17) is 42.6 Å². The molecule has 332 valence electrons. The van der Waals surface area contributed by atoms with E-state index in [9.17, 15) is 33.9 Å². The van der Waals surface area contributed by atoms with Gasteiger partial charge in [-0.1, -0.05) is 39.0 Å². The van der Waals surface area contributed by atoms with Gasteiger partial charge in [0.2, 0.25) is 29.8 Å². The zero-order valence-corrected chi connectivity index (χ0v) is 35.6. The Morgan fingerprint density at radius 3 is 2.02 bits per heavy atom. The molecule has 2 N–H and O–H groups in total. The number of nitrogens with zero attached hydrogens (tertiary/aromatic N) is 1. The van der Waals surface area contributed by atoms with Crippen molar-refractivity contribution in [2.45, 2.75) is 104 Å². The second-order valence-corrected chi connectivity index (χ2v) is 14.2. The first-order valence-electron chi connectivity index (χ1n) is 19.8. The monoisotopic (exact) mass is 854 g/mol. The summed E-state index contributed by atoms with van der Waals surface area (Å²) >= 11 is 0. The smallest absolute Gasteiger partial charge is 0.303 e. The summed E-state index contributed by atoms with van der Waals surface area (Å²) in [7, 11) is 4.27. The number of esters is 4. The SMILES string of the molecule is CCCCCCCCOc1c(O[C@@H]2O[C@H](COC(C)=O)[C@H](OC(C)=O)[C@H](OC(C)=O)[C@H]2OC(C)=O)c2ccc(NC(=O)C=Cc3cc(OC)c(O)c(OC)c3)cc2n(C)c1=O. The summed E-state index contributed by atoms with van der Waals surface area (Å²) in [5, 5.41) is 13.3. The van der Waals surface area contributed by atoms with Crippen LogP contribution in [-0.4, -0.2) is 97.6 Å². The number of ether oxygens (including phenoxy) is 9. The number of nitrogens with one attached hydrogen (secondary N) is 1. The Kier molecular flexibility index (Phi) is 17.4. The van der Waals surface area contributed by atoms with Crippen LogP contribution >= 0.6 is 0 Å². The van der Waals surface area contributed by atoms with E-state index in [0.717, 1.165) is 59.8 Å². The molecule has 2 heterocycles. The molecule has 4 rings (SSSR count). The van der Waals surface area contributed by atoms with Crippen molar-refractivity contribution < 1.29 is 71.7 Å². The largest absolute Gasteiger partial charge is 0.502 e. The molecule has 1 fully saturated rings. The van der Waals surface area contributed by atoms with Crippen LogP contribution in [0.5, 0.6) is 28.7 Å². The number of hydrogen-bond donors (Lipinski definition) is 2. The summed E-state index contributed by atoms with van der Waals surface area (Å²) in [6.07, 6.45) is 0.855. The van der Waals surface area contributed by atoms with Gasteiger partial charge >= 0.3 is 23.9 Å². The fourth-order valence-corrected chi connectivity index (χ4v) is 6.63. The van der Waals surface area contributed by atoms with Crippen molar-refractivity contribution in [3.05, 3.63) is 52.3 Å². The van der Waals surface area contributed by atoms with Gasteiger partial charge in [0, 0.05) is 51.9 Å². The quantitative estimate of drug-likeness (QED) is 0.0652. The number of rotatable bonds is 20. The van der Waals surface area contributed by atoms with Gasteiger partial charge in [-0.15, -0.1) is 0 Å². The van der Waals surface area contributed by atoms with Crippen LogP contribution in [0.15, 0.2) is 41.2 Å². The first-order chi connectivity index (χ1) is 29.1. The molecular formula is C43H54N2O16. The van der Waals surface area contributed by atoms with Gasteiger partial charge in [-0.3, -0.25) is 28.8 Å². The molecule has 0 bridgehead atoms. The molecule has 2 aromatic carbocycles. The zero-order valence-electron chi connectivity index (χ0n) is 35.6. The molecule has 0 aliphatic carbocycles. The lowest BCUT2D eigenvalue weighted by Crippen LogP contribution is -2.63. The number of pyridine rings is 1.